The quantitative estimate of drug-likeness (QED) is 0.836. The highest BCUT2D eigenvalue weighted by atomic mass is 16.3. The molecule has 2 heteroatoms. The summed E-state index contributed by atoms with van der Waals surface area (Å²) in [7, 11) is 0. The van der Waals surface area contributed by atoms with Crippen molar-refractivity contribution in [2.24, 2.45) is 11.8 Å². The molecule has 1 aromatic rings. The van der Waals surface area contributed by atoms with Crippen LogP contribution in [-0.4, -0.2) is 11.7 Å². The minimum Gasteiger partial charge on any atom is -0.508 e. The molecule has 1 fully saturated rings. The number of hydrogen-bond acceptors (Lipinski definition) is 2. The molecule has 1 aromatic carbocycles. The third-order valence-electron chi connectivity index (χ3n) is 3.74. The predicted molar refractivity (Wildman–Crippen MR) is 70.9 cm³/mol. The molecule has 0 aliphatic heterocycles. The summed E-state index contributed by atoms with van der Waals surface area (Å²) in [6, 6.07) is 7.46. The molecule has 0 spiro atoms. The van der Waals surface area contributed by atoms with E-state index in [2.05, 4.69) is 12.2 Å². The molecule has 1 aliphatic carbocycles. The molecule has 0 saturated heterocycles. The van der Waals surface area contributed by atoms with Crippen LogP contribution in [-0.2, 0) is 6.54 Å². The second kappa shape index (κ2) is 6.06. The van der Waals surface area contributed by atoms with Gasteiger partial charge in [-0.05, 0) is 48.9 Å². The van der Waals surface area contributed by atoms with Crippen molar-refractivity contribution in [3.05, 3.63) is 29.8 Å². The van der Waals surface area contributed by atoms with E-state index in [4.69, 9.17) is 0 Å². The number of rotatable bonds is 4. The molecule has 0 aromatic heterocycles. The van der Waals surface area contributed by atoms with Crippen LogP contribution in [0.5, 0.6) is 5.75 Å². The normalized spacial score (nSPS) is 24.8. The monoisotopic (exact) mass is 233 g/mol. The summed E-state index contributed by atoms with van der Waals surface area (Å²) in [5.74, 6) is 2.11. The number of hydrogen-bond donors (Lipinski definition) is 2. The van der Waals surface area contributed by atoms with Crippen LogP contribution in [0.25, 0.3) is 0 Å². The Balaban J connectivity index is 1.70. The summed E-state index contributed by atoms with van der Waals surface area (Å²) in [6.45, 7) is 4.41. The molecule has 2 atom stereocenters. The first-order valence-corrected chi connectivity index (χ1v) is 6.72. The number of benzene rings is 1. The molecule has 0 amide bonds. The second-order valence-electron chi connectivity index (χ2n) is 5.44. The summed E-state index contributed by atoms with van der Waals surface area (Å²) in [5, 5.41) is 12.7. The van der Waals surface area contributed by atoms with Crippen LogP contribution in [0.4, 0.5) is 0 Å². The van der Waals surface area contributed by atoms with Gasteiger partial charge >= 0.3 is 0 Å². The van der Waals surface area contributed by atoms with Crippen molar-refractivity contribution in [3.63, 3.8) is 0 Å². The molecule has 2 rings (SSSR count). The van der Waals surface area contributed by atoms with Crippen molar-refractivity contribution >= 4 is 0 Å². The van der Waals surface area contributed by atoms with Crippen LogP contribution in [0.15, 0.2) is 24.3 Å². The Kier molecular flexibility index (Phi) is 4.43. The van der Waals surface area contributed by atoms with E-state index in [0.717, 1.165) is 24.9 Å². The minimum absolute atomic E-state index is 0.342. The van der Waals surface area contributed by atoms with Gasteiger partial charge in [-0.25, -0.2) is 0 Å². The van der Waals surface area contributed by atoms with Crippen LogP contribution >= 0.6 is 0 Å². The van der Waals surface area contributed by atoms with Gasteiger partial charge in [-0.1, -0.05) is 31.9 Å². The average molecular weight is 233 g/mol. The van der Waals surface area contributed by atoms with E-state index >= 15 is 0 Å². The van der Waals surface area contributed by atoms with Crippen molar-refractivity contribution in [1.82, 2.24) is 5.32 Å². The van der Waals surface area contributed by atoms with Crippen molar-refractivity contribution in [2.75, 3.05) is 6.54 Å². The molecule has 2 nitrogen and oxygen atoms in total. The zero-order chi connectivity index (χ0) is 12.1. The van der Waals surface area contributed by atoms with Crippen LogP contribution in [0.2, 0.25) is 0 Å². The molecule has 0 radical (unpaired) electrons. The fourth-order valence-corrected chi connectivity index (χ4v) is 2.78. The molecular weight excluding hydrogens is 210 g/mol. The minimum atomic E-state index is 0.342. The van der Waals surface area contributed by atoms with E-state index in [1.165, 1.54) is 31.2 Å². The first kappa shape index (κ1) is 12.4. The van der Waals surface area contributed by atoms with E-state index in [-0.39, 0.29) is 0 Å². The Morgan fingerprint density at radius 2 is 2.00 bits per heavy atom. The summed E-state index contributed by atoms with van der Waals surface area (Å²) in [4.78, 5) is 0. The van der Waals surface area contributed by atoms with E-state index in [1.54, 1.807) is 12.1 Å². The molecule has 17 heavy (non-hydrogen) atoms. The lowest BCUT2D eigenvalue weighted by molar-refractivity contribution is 0.274. The Labute approximate surface area is 104 Å². The maximum absolute atomic E-state index is 9.19. The Hall–Kier alpha value is -1.02. The molecular formula is C15H23NO. The number of phenolic OH excluding ortho intramolecular Hbond substituents is 1. The molecule has 2 N–H and O–H groups in total. The van der Waals surface area contributed by atoms with E-state index in [0.29, 0.717) is 5.75 Å². The lowest BCUT2D eigenvalue weighted by Crippen LogP contribution is -2.26. The van der Waals surface area contributed by atoms with Crippen molar-refractivity contribution in [2.45, 2.75) is 39.2 Å². The van der Waals surface area contributed by atoms with E-state index in [1.807, 2.05) is 12.1 Å². The molecule has 94 valence electrons. The van der Waals surface area contributed by atoms with Gasteiger partial charge in [0.1, 0.15) is 5.75 Å². The SMILES string of the molecule is CC1CCCC(CNCc2ccc(O)cc2)C1. The molecule has 2 unspecified atom stereocenters. The van der Waals surface area contributed by atoms with Crippen LogP contribution in [0.3, 0.4) is 0 Å². The zero-order valence-electron chi connectivity index (χ0n) is 10.7. The Morgan fingerprint density at radius 3 is 2.71 bits per heavy atom. The smallest absolute Gasteiger partial charge is 0.115 e. The molecule has 0 heterocycles. The van der Waals surface area contributed by atoms with Gasteiger partial charge in [0.25, 0.3) is 0 Å². The summed E-state index contributed by atoms with van der Waals surface area (Å²) in [5.41, 5.74) is 1.24. The van der Waals surface area contributed by atoms with Gasteiger partial charge in [0, 0.05) is 6.54 Å². The first-order valence-electron chi connectivity index (χ1n) is 6.72. The van der Waals surface area contributed by atoms with Gasteiger partial charge in [-0.2, -0.15) is 0 Å². The fourth-order valence-electron chi connectivity index (χ4n) is 2.78. The zero-order valence-corrected chi connectivity index (χ0v) is 10.7. The number of aromatic hydroxyl groups is 1. The van der Waals surface area contributed by atoms with Gasteiger partial charge in [-0.3, -0.25) is 0 Å². The van der Waals surface area contributed by atoms with E-state index < -0.39 is 0 Å². The summed E-state index contributed by atoms with van der Waals surface area (Å²) in [6.07, 6.45) is 5.57. The van der Waals surface area contributed by atoms with Crippen molar-refractivity contribution in [1.29, 1.82) is 0 Å². The highest BCUT2D eigenvalue weighted by Crippen LogP contribution is 2.27. The highest BCUT2D eigenvalue weighted by molar-refractivity contribution is 5.25. The lowest BCUT2D eigenvalue weighted by atomic mass is 9.82. The van der Waals surface area contributed by atoms with Crippen LogP contribution in [0.1, 0.15) is 38.2 Å². The molecule has 1 aliphatic rings. The maximum atomic E-state index is 9.19. The van der Waals surface area contributed by atoms with E-state index in [9.17, 15) is 5.11 Å². The van der Waals surface area contributed by atoms with Crippen molar-refractivity contribution in [3.8, 4) is 5.75 Å². The van der Waals surface area contributed by atoms with Gasteiger partial charge in [0.2, 0.25) is 0 Å². The highest BCUT2D eigenvalue weighted by Gasteiger charge is 2.17. The van der Waals surface area contributed by atoms with Crippen LogP contribution in [0, 0.1) is 11.8 Å². The number of phenols is 1. The molecule has 0 bridgehead atoms. The third-order valence-corrected chi connectivity index (χ3v) is 3.74. The second-order valence-corrected chi connectivity index (χ2v) is 5.44. The number of nitrogens with one attached hydrogen (secondary N) is 1. The van der Waals surface area contributed by atoms with Crippen molar-refractivity contribution < 1.29 is 5.11 Å². The fraction of sp³-hybridized carbons (Fsp3) is 0.600. The standard InChI is InChI=1S/C15H23NO/c1-12-3-2-4-14(9-12)11-16-10-13-5-7-15(17)8-6-13/h5-8,12,14,16-17H,2-4,9-11H2,1H3. The topological polar surface area (TPSA) is 32.3 Å². The molecule has 1 saturated carbocycles. The first-order chi connectivity index (χ1) is 8.24. The Bertz CT molecular complexity index is 333. The van der Waals surface area contributed by atoms with Gasteiger partial charge in [0.05, 0.1) is 0 Å². The maximum Gasteiger partial charge on any atom is 0.115 e. The third kappa shape index (κ3) is 4.04. The van der Waals surface area contributed by atoms with Gasteiger partial charge in [0.15, 0.2) is 0 Å². The Morgan fingerprint density at radius 1 is 1.24 bits per heavy atom. The van der Waals surface area contributed by atoms with Crippen LogP contribution < -0.4 is 5.32 Å². The van der Waals surface area contributed by atoms with Gasteiger partial charge < -0.3 is 10.4 Å². The average Bonchev–Trinajstić information content (AvgIpc) is 2.32. The summed E-state index contributed by atoms with van der Waals surface area (Å²) < 4.78 is 0. The largest absolute Gasteiger partial charge is 0.508 e. The summed E-state index contributed by atoms with van der Waals surface area (Å²) >= 11 is 0. The lowest BCUT2D eigenvalue weighted by Gasteiger charge is -2.26. The van der Waals surface area contributed by atoms with Gasteiger partial charge in [-0.15, -0.1) is 0 Å². The predicted octanol–water partition coefficient (Wildman–Crippen LogP) is 3.31.